The molecule has 5 heteroatoms. The Bertz CT molecular complexity index is 647. The van der Waals surface area contributed by atoms with Crippen molar-refractivity contribution in [1.29, 1.82) is 0 Å². The topological polar surface area (TPSA) is 49.9 Å². The Labute approximate surface area is 142 Å². The molecule has 1 aliphatic heterocycles. The highest BCUT2D eigenvalue weighted by molar-refractivity contribution is 5.93. The molecule has 24 heavy (non-hydrogen) atoms. The van der Waals surface area contributed by atoms with Crippen LogP contribution in [0.3, 0.4) is 0 Å². The lowest BCUT2D eigenvalue weighted by atomic mass is 9.94. The average molecular weight is 328 g/mol. The molecule has 2 amide bonds. The summed E-state index contributed by atoms with van der Waals surface area (Å²) in [6.45, 7) is 3.14. The molecule has 0 bridgehead atoms. The molecule has 1 saturated heterocycles. The van der Waals surface area contributed by atoms with Crippen molar-refractivity contribution in [1.82, 2.24) is 10.0 Å². The third-order valence-corrected chi connectivity index (χ3v) is 4.88. The highest BCUT2D eigenvalue weighted by Gasteiger charge is 2.54. The van der Waals surface area contributed by atoms with Gasteiger partial charge in [-0.1, -0.05) is 24.3 Å². The van der Waals surface area contributed by atoms with Gasteiger partial charge >= 0.3 is 0 Å². The number of carbonyl (C=O) groups excluding carboxylic acids is 2. The molecule has 1 heterocycles. The molecular formula is C19H24N2O3. The van der Waals surface area contributed by atoms with Crippen LogP contribution in [-0.2, 0) is 15.0 Å². The van der Waals surface area contributed by atoms with E-state index in [1.165, 1.54) is 0 Å². The zero-order valence-electron chi connectivity index (χ0n) is 14.3. The fourth-order valence-electron chi connectivity index (χ4n) is 3.31. The number of nitrogens with zero attached hydrogens (tertiary/aromatic N) is 2. The normalized spacial score (nSPS) is 18.9. The second kappa shape index (κ2) is 6.67. The van der Waals surface area contributed by atoms with E-state index in [-0.39, 0.29) is 11.8 Å². The van der Waals surface area contributed by atoms with Gasteiger partial charge < -0.3 is 4.74 Å². The van der Waals surface area contributed by atoms with Gasteiger partial charge in [0.25, 0.3) is 5.91 Å². The molecule has 1 aromatic rings. The van der Waals surface area contributed by atoms with E-state index in [2.05, 4.69) is 0 Å². The quantitative estimate of drug-likeness (QED) is 0.781. The Morgan fingerprint density at radius 1 is 1.17 bits per heavy atom. The maximum absolute atomic E-state index is 13.2. The Kier molecular flexibility index (Phi) is 4.60. The first kappa shape index (κ1) is 16.6. The van der Waals surface area contributed by atoms with Crippen LogP contribution in [-0.4, -0.2) is 42.0 Å². The van der Waals surface area contributed by atoms with E-state index in [4.69, 9.17) is 4.74 Å². The number of hydrogen-bond acceptors (Lipinski definition) is 3. The molecule has 0 atom stereocenters. The van der Waals surface area contributed by atoms with E-state index >= 15 is 0 Å². The van der Waals surface area contributed by atoms with E-state index in [0.717, 1.165) is 30.6 Å². The van der Waals surface area contributed by atoms with E-state index < -0.39 is 5.41 Å². The van der Waals surface area contributed by atoms with Crippen LogP contribution in [0, 0.1) is 0 Å². The maximum atomic E-state index is 13.2. The first-order valence-corrected chi connectivity index (χ1v) is 8.50. The van der Waals surface area contributed by atoms with Gasteiger partial charge in [-0.15, -0.1) is 0 Å². The average Bonchev–Trinajstić information content (AvgIpc) is 3.28. The standard InChI is InChI=1S/C19H24N2O3/c1-3-4-6-17(22)20-13-5-14-21(20)18(23)19(11-12-19)15-7-9-16(24-2)10-8-15/h3-4,7-10H,5-6,11-14H2,1-2H3. The molecule has 1 aromatic carbocycles. The van der Waals surface area contributed by atoms with Crippen molar-refractivity contribution in [2.45, 2.75) is 38.0 Å². The summed E-state index contributed by atoms with van der Waals surface area (Å²) in [5, 5.41) is 3.30. The molecule has 1 saturated carbocycles. The van der Waals surface area contributed by atoms with E-state index in [9.17, 15) is 9.59 Å². The monoisotopic (exact) mass is 328 g/mol. The van der Waals surface area contributed by atoms with Gasteiger partial charge in [-0.2, -0.15) is 0 Å². The van der Waals surface area contributed by atoms with Crippen molar-refractivity contribution in [3.8, 4) is 5.75 Å². The van der Waals surface area contributed by atoms with Gasteiger partial charge in [0.2, 0.25) is 5.91 Å². The minimum atomic E-state index is -0.463. The van der Waals surface area contributed by atoms with E-state index in [0.29, 0.717) is 19.5 Å². The van der Waals surface area contributed by atoms with Crippen molar-refractivity contribution in [3.63, 3.8) is 0 Å². The molecule has 3 rings (SSSR count). The Morgan fingerprint density at radius 3 is 2.42 bits per heavy atom. The van der Waals surface area contributed by atoms with Gasteiger partial charge in [-0.3, -0.25) is 19.6 Å². The third-order valence-electron chi connectivity index (χ3n) is 4.88. The molecule has 1 aliphatic carbocycles. The highest BCUT2D eigenvalue weighted by atomic mass is 16.5. The fraction of sp³-hybridized carbons (Fsp3) is 0.474. The molecule has 0 N–H and O–H groups in total. The first-order chi connectivity index (χ1) is 11.6. The van der Waals surface area contributed by atoms with Crippen LogP contribution < -0.4 is 4.74 Å². The molecule has 0 aromatic heterocycles. The van der Waals surface area contributed by atoms with Gasteiger partial charge in [-0.05, 0) is 43.9 Å². The summed E-state index contributed by atoms with van der Waals surface area (Å²) in [7, 11) is 1.63. The smallest absolute Gasteiger partial charge is 0.251 e. The van der Waals surface area contributed by atoms with Crippen molar-refractivity contribution in [2.24, 2.45) is 0 Å². The summed E-state index contributed by atoms with van der Waals surface area (Å²) in [6.07, 6.45) is 6.55. The lowest BCUT2D eigenvalue weighted by Crippen LogP contribution is -2.48. The molecular weight excluding hydrogens is 304 g/mol. The van der Waals surface area contributed by atoms with Gasteiger partial charge in [0.1, 0.15) is 5.75 Å². The first-order valence-electron chi connectivity index (χ1n) is 8.50. The zero-order valence-corrected chi connectivity index (χ0v) is 14.3. The van der Waals surface area contributed by atoms with Crippen molar-refractivity contribution >= 4 is 11.8 Å². The lowest BCUT2D eigenvalue weighted by Gasteiger charge is -2.31. The van der Waals surface area contributed by atoms with E-state index in [1.54, 1.807) is 17.1 Å². The minimum absolute atomic E-state index is 0.00974. The van der Waals surface area contributed by atoms with Gasteiger partial charge in [0.05, 0.1) is 12.5 Å². The minimum Gasteiger partial charge on any atom is -0.497 e. The highest BCUT2D eigenvalue weighted by Crippen LogP contribution is 2.50. The van der Waals surface area contributed by atoms with Crippen LogP contribution in [0.4, 0.5) is 0 Å². The summed E-state index contributed by atoms with van der Waals surface area (Å²) < 4.78 is 5.19. The van der Waals surface area contributed by atoms with Crippen molar-refractivity contribution in [2.75, 3.05) is 20.2 Å². The zero-order chi connectivity index (χ0) is 17.2. The number of amides is 2. The van der Waals surface area contributed by atoms with Crippen LogP contribution in [0.1, 0.15) is 38.2 Å². The Balaban J connectivity index is 1.78. The molecule has 2 aliphatic rings. The molecule has 0 radical (unpaired) electrons. The maximum Gasteiger partial charge on any atom is 0.251 e. The van der Waals surface area contributed by atoms with Crippen LogP contribution >= 0.6 is 0 Å². The van der Waals surface area contributed by atoms with E-state index in [1.807, 2.05) is 43.3 Å². The van der Waals surface area contributed by atoms with Crippen LogP contribution in [0.15, 0.2) is 36.4 Å². The summed E-state index contributed by atoms with van der Waals surface area (Å²) >= 11 is 0. The fourth-order valence-corrected chi connectivity index (χ4v) is 3.31. The van der Waals surface area contributed by atoms with Crippen LogP contribution in [0.25, 0.3) is 0 Å². The van der Waals surface area contributed by atoms with Gasteiger partial charge in [-0.25, -0.2) is 0 Å². The molecule has 5 nitrogen and oxygen atoms in total. The summed E-state index contributed by atoms with van der Waals surface area (Å²) in [5.74, 6) is 0.829. The second-order valence-electron chi connectivity index (χ2n) is 6.38. The molecule has 128 valence electrons. The summed E-state index contributed by atoms with van der Waals surface area (Å²) in [6, 6.07) is 7.71. The molecule has 0 unspecified atom stereocenters. The number of hydrazine groups is 1. The number of benzene rings is 1. The summed E-state index contributed by atoms with van der Waals surface area (Å²) in [4.78, 5) is 25.5. The van der Waals surface area contributed by atoms with Gasteiger partial charge in [0, 0.05) is 19.5 Å². The number of hydrogen-bond donors (Lipinski definition) is 0. The predicted octanol–water partition coefficient (Wildman–Crippen LogP) is 2.67. The predicted molar refractivity (Wildman–Crippen MR) is 91.4 cm³/mol. The molecule has 0 spiro atoms. The SMILES string of the molecule is CC=CCC(=O)N1CCCN1C(=O)C1(c2ccc(OC)cc2)CC1. The van der Waals surface area contributed by atoms with Crippen molar-refractivity contribution in [3.05, 3.63) is 42.0 Å². The number of rotatable bonds is 5. The van der Waals surface area contributed by atoms with Crippen molar-refractivity contribution < 1.29 is 14.3 Å². The van der Waals surface area contributed by atoms with Crippen LogP contribution in [0.2, 0.25) is 0 Å². The largest absolute Gasteiger partial charge is 0.497 e. The number of ether oxygens (including phenoxy) is 1. The summed E-state index contributed by atoms with van der Waals surface area (Å²) in [5.41, 5.74) is 0.552. The van der Waals surface area contributed by atoms with Gasteiger partial charge in [0.15, 0.2) is 0 Å². The second-order valence-corrected chi connectivity index (χ2v) is 6.38. The third kappa shape index (κ3) is 2.90. The molecule has 2 fully saturated rings. The Morgan fingerprint density at radius 2 is 1.83 bits per heavy atom. The number of methoxy groups -OCH3 is 1. The lowest BCUT2D eigenvalue weighted by molar-refractivity contribution is -0.159. The number of allylic oxidation sites excluding steroid dienone is 1. The van der Waals surface area contributed by atoms with Crippen LogP contribution in [0.5, 0.6) is 5.75 Å². The Hall–Kier alpha value is -2.30. The number of carbonyl (C=O) groups is 2.